The lowest BCUT2D eigenvalue weighted by Crippen LogP contribution is -2.24. The molecule has 0 aliphatic carbocycles. The average molecular weight is 223 g/mol. The molecule has 1 amide bonds. The quantitative estimate of drug-likeness (QED) is 0.827. The smallest absolute Gasteiger partial charge is 0.225 e. The Kier molecular flexibility index (Phi) is 3.73. The van der Waals surface area contributed by atoms with Crippen LogP contribution in [0.15, 0.2) is 6.07 Å². The molecular formula is C12H21N3O. The van der Waals surface area contributed by atoms with Gasteiger partial charge in [0.15, 0.2) is 5.82 Å². The lowest BCUT2D eigenvalue weighted by atomic mass is 9.80. The molecule has 0 spiro atoms. The minimum absolute atomic E-state index is 0.0222. The molecular weight excluding hydrogens is 202 g/mol. The van der Waals surface area contributed by atoms with Gasteiger partial charge in [-0.05, 0) is 18.3 Å². The third-order valence-corrected chi connectivity index (χ3v) is 2.94. The molecule has 0 aliphatic heterocycles. The number of nitrogens with zero attached hydrogens (tertiary/aromatic N) is 1. The summed E-state index contributed by atoms with van der Waals surface area (Å²) in [6.07, 6.45) is 0.523. The normalized spacial score (nSPS) is 13.6. The fraction of sp³-hybridized carbons (Fsp3) is 0.667. The second-order valence-electron chi connectivity index (χ2n) is 5.46. The Labute approximate surface area is 96.8 Å². The van der Waals surface area contributed by atoms with Gasteiger partial charge in [-0.1, -0.05) is 27.7 Å². The van der Waals surface area contributed by atoms with Crippen molar-refractivity contribution < 1.29 is 4.79 Å². The molecule has 0 saturated heterocycles. The van der Waals surface area contributed by atoms with Gasteiger partial charge in [-0.2, -0.15) is 5.10 Å². The summed E-state index contributed by atoms with van der Waals surface area (Å²) in [4.78, 5) is 11.7. The van der Waals surface area contributed by atoms with E-state index in [1.165, 1.54) is 0 Å². The van der Waals surface area contributed by atoms with Crippen LogP contribution in [0.2, 0.25) is 0 Å². The zero-order valence-electron chi connectivity index (χ0n) is 10.7. The van der Waals surface area contributed by atoms with Gasteiger partial charge < -0.3 is 5.32 Å². The van der Waals surface area contributed by atoms with Gasteiger partial charge in [0, 0.05) is 18.2 Å². The van der Waals surface area contributed by atoms with E-state index in [0.717, 1.165) is 5.69 Å². The maximum atomic E-state index is 11.7. The van der Waals surface area contributed by atoms with Gasteiger partial charge in [-0.3, -0.25) is 9.89 Å². The SMILES string of the molecule is Cc1cc(NC(=O)CC(C)C(C)(C)C)n[nH]1. The first kappa shape index (κ1) is 12.7. The molecule has 4 nitrogen and oxygen atoms in total. The summed E-state index contributed by atoms with van der Waals surface area (Å²) in [5.74, 6) is 0.963. The lowest BCUT2D eigenvalue weighted by Gasteiger charge is -2.26. The Morgan fingerprint density at radius 2 is 2.19 bits per heavy atom. The second-order valence-corrected chi connectivity index (χ2v) is 5.46. The van der Waals surface area contributed by atoms with E-state index in [0.29, 0.717) is 18.2 Å². The number of amides is 1. The van der Waals surface area contributed by atoms with Crippen LogP contribution in [0.1, 0.15) is 39.8 Å². The van der Waals surface area contributed by atoms with E-state index in [2.05, 4.69) is 43.2 Å². The molecule has 1 atom stereocenters. The molecule has 2 N–H and O–H groups in total. The Balaban J connectivity index is 2.48. The monoisotopic (exact) mass is 223 g/mol. The number of rotatable bonds is 3. The number of aromatic nitrogens is 2. The predicted molar refractivity (Wildman–Crippen MR) is 65.2 cm³/mol. The van der Waals surface area contributed by atoms with Crippen LogP contribution in [-0.2, 0) is 4.79 Å². The van der Waals surface area contributed by atoms with Gasteiger partial charge in [-0.15, -0.1) is 0 Å². The molecule has 0 saturated carbocycles. The molecule has 0 fully saturated rings. The van der Waals surface area contributed by atoms with Crippen molar-refractivity contribution in [3.8, 4) is 0 Å². The highest BCUT2D eigenvalue weighted by Gasteiger charge is 2.22. The summed E-state index contributed by atoms with van der Waals surface area (Å²) in [6, 6.07) is 1.82. The number of H-pyrrole nitrogens is 1. The maximum Gasteiger partial charge on any atom is 0.225 e. The topological polar surface area (TPSA) is 57.8 Å². The summed E-state index contributed by atoms with van der Waals surface area (Å²) < 4.78 is 0. The molecule has 0 radical (unpaired) electrons. The molecule has 1 aromatic rings. The summed E-state index contributed by atoms with van der Waals surface area (Å²) >= 11 is 0. The largest absolute Gasteiger partial charge is 0.309 e. The molecule has 4 heteroatoms. The fourth-order valence-electron chi connectivity index (χ4n) is 1.26. The summed E-state index contributed by atoms with van der Waals surface area (Å²) in [6.45, 7) is 10.4. The Morgan fingerprint density at radius 3 is 2.62 bits per heavy atom. The second kappa shape index (κ2) is 4.68. The number of anilines is 1. The van der Waals surface area contributed by atoms with Crippen molar-refractivity contribution in [3.05, 3.63) is 11.8 Å². The van der Waals surface area contributed by atoms with Crippen LogP contribution in [0, 0.1) is 18.3 Å². The molecule has 1 rings (SSSR count). The van der Waals surface area contributed by atoms with E-state index in [1.54, 1.807) is 0 Å². The summed E-state index contributed by atoms with van der Waals surface area (Å²) in [7, 11) is 0. The number of hydrogen-bond acceptors (Lipinski definition) is 2. The van der Waals surface area contributed by atoms with Crippen LogP contribution >= 0.6 is 0 Å². The van der Waals surface area contributed by atoms with Crippen molar-refractivity contribution in [2.24, 2.45) is 11.3 Å². The molecule has 0 bridgehead atoms. The number of nitrogens with one attached hydrogen (secondary N) is 2. The fourth-order valence-corrected chi connectivity index (χ4v) is 1.26. The first-order valence-electron chi connectivity index (χ1n) is 5.61. The number of aryl methyl sites for hydroxylation is 1. The minimum Gasteiger partial charge on any atom is -0.309 e. The maximum absolute atomic E-state index is 11.7. The number of aromatic amines is 1. The summed E-state index contributed by atoms with van der Waals surface area (Å²) in [5, 5.41) is 9.55. The number of carbonyl (C=O) groups excluding carboxylic acids is 1. The van der Waals surface area contributed by atoms with E-state index < -0.39 is 0 Å². The molecule has 0 aromatic carbocycles. The van der Waals surface area contributed by atoms with Crippen molar-refractivity contribution in [1.82, 2.24) is 10.2 Å². The number of hydrogen-bond donors (Lipinski definition) is 2. The molecule has 0 aliphatic rings. The standard InChI is InChI=1S/C12H21N3O/c1-8(12(3,4)5)6-11(16)13-10-7-9(2)14-15-10/h7-8H,6H2,1-5H3,(H2,13,14,15,16). The van der Waals surface area contributed by atoms with Gasteiger partial charge >= 0.3 is 0 Å². The third-order valence-electron chi connectivity index (χ3n) is 2.94. The first-order chi connectivity index (χ1) is 7.29. The lowest BCUT2D eigenvalue weighted by molar-refractivity contribution is -0.117. The van der Waals surface area contributed by atoms with Crippen LogP contribution < -0.4 is 5.32 Å². The van der Waals surface area contributed by atoms with Crippen molar-refractivity contribution in [3.63, 3.8) is 0 Å². The van der Waals surface area contributed by atoms with Crippen LogP contribution in [0.3, 0.4) is 0 Å². The van der Waals surface area contributed by atoms with E-state index in [-0.39, 0.29) is 11.3 Å². The number of carbonyl (C=O) groups is 1. The van der Waals surface area contributed by atoms with Gasteiger partial charge in [-0.25, -0.2) is 0 Å². The average Bonchev–Trinajstić information content (AvgIpc) is 2.49. The third kappa shape index (κ3) is 3.68. The molecule has 1 aromatic heterocycles. The first-order valence-corrected chi connectivity index (χ1v) is 5.61. The van der Waals surface area contributed by atoms with Gasteiger partial charge in [0.1, 0.15) is 0 Å². The zero-order chi connectivity index (χ0) is 12.3. The Hall–Kier alpha value is -1.32. The van der Waals surface area contributed by atoms with Gasteiger partial charge in [0.25, 0.3) is 0 Å². The van der Waals surface area contributed by atoms with Crippen LogP contribution in [0.25, 0.3) is 0 Å². The van der Waals surface area contributed by atoms with Crippen molar-refractivity contribution in [1.29, 1.82) is 0 Å². The predicted octanol–water partition coefficient (Wildman–Crippen LogP) is 2.73. The van der Waals surface area contributed by atoms with E-state index in [4.69, 9.17) is 0 Å². The Morgan fingerprint density at radius 1 is 1.56 bits per heavy atom. The van der Waals surface area contributed by atoms with Crippen LogP contribution in [0.5, 0.6) is 0 Å². The van der Waals surface area contributed by atoms with Crippen molar-refractivity contribution >= 4 is 11.7 Å². The van der Waals surface area contributed by atoms with E-state index >= 15 is 0 Å². The Bertz CT molecular complexity index is 363. The van der Waals surface area contributed by atoms with Gasteiger partial charge in [0.2, 0.25) is 5.91 Å². The van der Waals surface area contributed by atoms with Crippen LogP contribution in [-0.4, -0.2) is 16.1 Å². The molecule has 1 heterocycles. The molecule has 1 unspecified atom stereocenters. The highest BCUT2D eigenvalue weighted by molar-refractivity contribution is 5.89. The molecule has 90 valence electrons. The van der Waals surface area contributed by atoms with Gasteiger partial charge in [0.05, 0.1) is 0 Å². The zero-order valence-corrected chi connectivity index (χ0v) is 10.7. The highest BCUT2D eigenvalue weighted by Crippen LogP contribution is 2.28. The van der Waals surface area contributed by atoms with Crippen LogP contribution in [0.4, 0.5) is 5.82 Å². The van der Waals surface area contributed by atoms with Crippen molar-refractivity contribution in [2.45, 2.75) is 41.0 Å². The van der Waals surface area contributed by atoms with E-state index in [9.17, 15) is 4.79 Å². The summed E-state index contributed by atoms with van der Waals surface area (Å²) in [5.41, 5.74) is 1.10. The highest BCUT2D eigenvalue weighted by atomic mass is 16.1. The van der Waals surface area contributed by atoms with E-state index in [1.807, 2.05) is 13.0 Å². The minimum atomic E-state index is 0.0222. The molecule has 16 heavy (non-hydrogen) atoms. The van der Waals surface area contributed by atoms with Crippen molar-refractivity contribution in [2.75, 3.05) is 5.32 Å².